The number of carbonyl (C=O) groups excluding carboxylic acids is 1. The number of hydrogen-bond donors (Lipinski definition) is 1. The summed E-state index contributed by atoms with van der Waals surface area (Å²) in [5, 5.41) is 8.65. The fourth-order valence-corrected chi connectivity index (χ4v) is 1.37. The van der Waals surface area contributed by atoms with E-state index in [4.69, 9.17) is 5.11 Å². The monoisotopic (exact) mass is 212 g/mol. The molecule has 0 radical (unpaired) electrons. The van der Waals surface area contributed by atoms with Crippen LogP contribution in [-0.2, 0) is 4.79 Å². The first-order valence-electron chi connectivity index (χ1n) is 4.90. The number of aliphatic carboxylic acids is 1. The third-order valence-electron chi connectivity index (χ3n) is 2.34. The predicted octanol–water partition coefficient (Wildman–Crippen LogP) is 0.773. The molecule has 5 nitrogen and oxygen atoms in total. The van der Waals surface area contributed by atoms with Crippen LogP contribution in [0.3, 0.4) is 0 Å². The van der Waals surface area contributed by atoms with Gasteiger partial charge in [-0.05, 0) is 12.8 Å². The number of hydrogen-bond acceptors (Lipinski definition) is 2. The Bertz CT molecular complexity index is 274. The summed E-state index contributed by atoms with van der Waals surface area (Å²) >= 11 is 0. The van der Waals surface area contributed by atoms with Gasteiger partial charge in [-0.2, -0.15) is 0 Å². The minimum Gasteiger partial charge on any atom is -0.480 e. The minimum absolute atomic E-state index is 0.236. The van der Waals surface area contributed by atoms with Gasteiger partial charge >= 0.3 is 12.0 Å². The van der Waals surface area contributed by atoms with Crippen molar-refractivity contribution in [3.05, 3.63) is 12.7 Å². The molecule has 0 spiro atoms. The van der Waals surface area contributed by atoms with Crippen molar-refractivity contribution in [2.75, 3.05) is 20.1 Å². The highest BCUT2D eigenvalue weighted by atomic mass is 16.4. The van der Waals surface area contributed by atoms with Gasteiger partial charge in [0.2, 0.25) is 0 Å². The number of amides is 2. The van der Waals surface area contributed by atoms with Crippen LogP contribution in [0.2, 0.25) is 0 Å². The molecule has 0 aromatic rings. The van der Waals surface area contributed by atoms with Crippen molar-refractivity contribution < 1.29 is 14.7 Å². The first kappa shape index (κ1) is 11.6. The van der Waals surface area contributed by atoms with Crippen LogP contribution < -0.4 is 0 Å². The van der Waals surface area contributed by atoms with E-state index in [9.17, 15) is 9.59 Å². The molecule has 1 rings (SSSR count). The summed E-state index contributed by atoms with van der Waals surface area (Å²) in [6, 6.07) is 0.0541. The van der Waals surface area contributed by atoms with Crippen molar-refractivity contribution in [3.63, 3.8) is 0 Å². The van der Waals surface area contributed by atoms with Crippen LogP contribution in [0.5, 0.6) is 0 Å². The molecular formula is C10H16N2O3. The zero-order valence-corrected chi connectivity index (χ0v) is 8.85. The zero-order valence-electron chi connectivity index (χ0n) is 8.85. The van der Waals surface area contributed by atoms with Crippen LogP contribution in [0.1, 0.15) is 12.8 Å². The lowest BCUT2D eigenvalue weighted by molar-refractivity contribution is -0.137. The summed E-state index contributed by atoms with van der Waals surface area (Å²) in [5.74, 6) is -1.01. The van der Waals surface area contributed by atoms with Gasteiger partial charge in [0.1, 0.15) is 6.54 Å². The maximum absolute atomic E-state index is 11.8. The molecule has 1 aliphatic carbocycles. The number of nitrogens with zero attached hydrogens (tertiary/aromatic N) is 2. The number of urea groups is 1. The van der Waals surface area contributed by atoms with E-state index in [1.165, 1.54) is 11.0 Å². The Morgan fingerprint density at radius 1 is 1.53 bits per heavy atom. The summed E-state index contributed by atoms with van der Waals surface area (Å²) < 4.78 is 0. The number of carboxylic acids is 1. The van der Waals surface area contributed by atoms with Gasteiger partial charge in [0.05, 0.1) is 0 Å². The molecule has 0 saturated heterocycles. The molecule has 0 atom stereocenters. The second kappa shape index (κ2) is 4.82. The van der Waals surface area contributed by atoms with E-state index in [0.717, 1.165) is 12.8 Å². The molecule has 2 amide bonds. The van der Waals surface area contributed by atoms with Gasteiger partial charge in [0.25, 0.3) is 0 Å². The molecule has 1 fully saturated rings. The van der Waals surface area contributed by atoms with Gasteiger partial charge in [-0.1, -0.05) is 6.08 Å². The molecule has 1 saturated carbocycles. The second-order valence-corrected chi connectivity index (χ2v) is 3.69. The summed E-state index contributed by atoms with van der Waals surface area (Å²) in [7, 11) is 1.71. The minimum atomic E-state index is -1.01. The normalized spacial score (nSPS) is 14.5. The molecule has 0 aromatic heterocycles. The zero-order chi connectivity index (χ0) is 11.4. The van der Waals surface area contributed by atoms with E-state index in [2.05, 4.69) is 6.58 Å². The van der Waals surface area contributed by atoms with Gasteiger partial charge in [-0.15, -0.1) is 6.58 Å². The molecule has 0 heterocycles. The first-order chi connectivity index (χ1) is 7.06. The average Bonchev–Trinajstić information content (AvgIpc) is 2.97. The number of carboxylic acid groups (broad SMARTS) is 1. The molecule has 0 bridgehead atoms. The summed E-state index contributed by atoms with van der Waals surface area (Å²) in [5.41, 5.74) is 0. The van der Waals surface area contributed by atoms with E-state index in [1.807, 2.05) is 0 Å². The molecule has 15 heavy (non-hydrogen) atoms. The maximum Gasteiger partial charge on any atom is 0.323 e. The van der Waals surface area contributed by atoms with Crippen LogP contribution in [0.4, 0.5) is 4.79 Å². The second-order valence-electron chi connectivity index (χ2n) is 3.69. The molecule has 1 N–H and O–H groups in total. The van der Waals surface area contributed by atoms with Crippen molar-refractivity contribution >= 4 is 12.0 Å². The topological polar surface area (TPSA) is 60.9 Å². The standard InChI is InChI=1S/C10H16N2O3/c1-3-6-12(7-9(13)14)10(15)11(2)8-4-5-8/h3,8H,1,4-7H2,2H3,(H,13,14). The molecule has 5 heteroatoms. The van der Waals surface area contributed by atoms with E-state index in [1.54, 1.807) is 11.9 Å². The van der Waals surface area contributed by atoms with Crippen LogP contribution in [0.15, 0.2) is 12.7 Å². The Morgan fingerprint density at radius 3 is 2.53 bits per heavy atom. The van der Waals surface area contributed by atoms with E-state index in [0.29, 0.717) is 6.04 Å². The lowest BCUT2D eigenvalue weighted by atomic mass is 10.4. The third-order valence-corrected chi connectivity index (χ3v) is 2.34. The fourth-order valence-electron chi connectivity index (χ4n) is 1.37. The van der Waals surface area contributed by atoms with E-state index >= 15 is 0 Å². The fraction of sp³-hybridized carbons (Fsp3) is 0.600. The van der Waals surface area contributed by atoms with Gasteiger partial charge in [0, 0.05) is 19.6 Å². The Hall–Kier alpha value is -1.52. The highest BCUT2D eigenvalue weighted by molar-refractivity contribution is 5.80. The van der Waals surface area contributed by atoms with Crippen LogP contribution >= 0.6 is 0 Å². The van der Waals surface area contributed by atoms with E-state index < -0.39 is 5.97 Å². The molecule has 0 aliphatic heterocycles. The third kappa shape index (κ3) is 3.27. The van der Waals surface area contributed by atoms with Gasteiger partial charge in [0.15, 0.2) is 0 Å². The first-order valence-corrected chi connectivity index (χ1v) is 4.90. The highest BCUT2D eigenvalue weighted by Gasteiger charge is 2.32. The molecule has 0 aromatic carbocycles. The van der Waals surface area contributed by atoms with Crippen LogP contribution in [0, 0.1) is 0 Å². The number of rotatable bonds is 5. The van der Waals surface area contributed by atoms with Crippen LogP contribution in [0.25, 0.3) is 0 Å². The molecule has 1 aliphatic rings. The summed E-state index contributed by atoms with van der Waals surface area (Å²) in [4.78, 5) is 25.2. The van der Waals surface area contributed by atoms with Gasteiger partial charge in [-0.3, -0.25) is 4.79 Å². The Labute approximate surface area is 89.0 Å². The SMILES string of the molecule is C=CCN(CC(=O)O)C(=O)N(C)C1CC1. The van der Waals surface area contributed by atoms with Gasteiger partial charge < -0.3 is 14.9 Å². The quantitative estimate of drug-likeness (QED) is 0.685. The molecular weight excluding hydrogens is 196 g/mol. The summed E-state index contributed by atoms with van der Waals surface area (Å²) in [6.45, 7) is 3.49. The predicted molar refractivity (Wildman–Crippen MR) is 55.6 cm³/mol. The number of carbonyl (C=O) groups is 2. The smallest absolute Gasteiger partial charge is 0.323 e. The maximum atomic E-state index is 11.8. The van der Waals surface area contributed by atoms with Crippen molar-refractivity contribution in [1.29, 1.82) is 0 Å². The van der Waals surface area contributed by atoms with Crippen molar-refractivity contribution in [2.24, 2.45) is 0 Å². The van der Waals surface area contributed by atoms with Crippen molar-refractivity contribution in [1.82, 2.24) is 9.80 Å². The Kier molecular flexibility index (Phi) is 3.71. The highest BCUT2D eigenvalue weighted by Crippen LogP contribution is 2.26. The average molecular weight is 212 g/mol. The lowest BCUT2D eigenvalue weighted by Gasteiger charge is -2.25. The molecule has 0 unspecified atom stereocenters. The Balaban J connectivity index is 2.56. The Morgan fingerprint density at radius 2 is 2.13 bits per heavy atom. The molecule has 84 valence electrons. The largest absolute Gasteiger partial charge is 0.480 e. The van der Waals surface area contributed by atoms with Crippen LogP contribution in [-0.4, -0.2) is 53.1 Å². The van der Waals surface area contributed by atoms with E-state index in [-0.39, 0.29) is 19.1 Å². The lowest BCUT2D eigenvalue weighted by Crippen LogP contribution is -2.44. The summed E-state index contributed by atoms with van der Waals surface area (Å²) in [6.07, 6.45) is 3.55. The van der Waals surface area contributed by atoms with Gasteiger partial charge in [-0.25, -0.2) is 4.79 Å². The van der Waals surface area contributed by atoms with Crippen molar-refractivity contribution in [3.8, 4) is 0 Å². The van der Waals surface area contributed by atoms with Crippen molar-refractivity contribution in [2.45, 2.75) is 18.9 Å².